The van der Waals surface area contributed by atoms with E-state index in [1.165, 1.54) is 11.3 Å². The normalized spacial score (nSPS) is 9.92. The number of terminal acetylenes is 1. The third-order valence-corrected chi connectivity index (χ3v) is 4.46. The van der Waals surface area contributed by atoms with E-state index < -0.39 is 0 Å². The van der Waals surface area contributed by atoms with E-state index in [2.05, 4.69) is 16.6 Å². The SMILES string of the molecule is C#Cc1cccc(NC(=O)CNC(=O)CCC(=O)c2ccc(Cl)s2)c1. The van der Waals surface area contributed by atoms with Crippen molar-refractivity contribution in [1.29, 1.82) is 0 Å². The van der Waals surface area contributed by atoms with Gasteiger partial charge in [0.15, 0.2) is 5.78 Å². The standard InChI is InChI=1S/C18H15ClN2O3S/c1-2-12-4-3-5-13(10-12)21-18(24)11-20-17(23)9-6-14(22)15-7-8-16(19)25-15/h1,3-5,7-8,10H,6,9,11H2,(H,20,23)(H,21,24). The van der Waals surface area contributed by atoms with E-state index in [1.807, 2.05) is 0 Å². The topological polar surface area (TPSA) is 75.3 Å². The van der Waals surface area contributed by atoms with Crippen molar-refractivity contribution in [3.05, 3.63) is 51.2 Å². The van der Waals surface area contributed by atoms with Crippen molar-refractivity contribution < 1.29 is 14.4 Å². The minimum atomic E-state index is -0.376. The number of rotatable bonds is 7. The Hall–Kier alpha value is -2.62. The molecule has 0 saturated heterocycles. The number of halogens is 1. The molecule has 1 heterocycles. The molecule has 0 saturated carbocycles. The van der Waals surface area contributed by atoms with Gasteiger partial charge in [-0.3, -0.25) is 14.4 Å². The monoisotopic (exact) mass is 374 g/mol. The van der Waals surface area contributed by atoms with Crippen LogP contribution < -0.4 is 10.6 Å². The number of thiophene rings is 1. The molecule has 1 aromatic heterocycles. The Labute approximate surface area is 154 Å². The third-order valence-electron chi connectivity index (χ3n) is 3.19. The molecule has 1 aromatic carbocycles. The number of benzene rings is 1. The van der Waals surface area contributed by atoms with Gasteiger partial charge in [-0.25, -0.2) is 0 Å². The first-order valence-corrected chi connectivity index (χ1v) is 8.59. The van der Waals surface area contributed by atoms with Crippen molar-refractivity contribution in [3.8, 4) is 12.3 Å². The van der Waals surface area contributed by atoms with Crippen molar-refractivity contribution in [1.82, 2.24) is 5.32 Å². The van der Waals surface area contributed by atoms with Crippen LogP contribution in [-0.2, 0) is 9.59 Å². The first-order valence-electron chi connectivity index (χ1n) is 7.39. The molecule has 0 atom stereocenters. The first kappa shape index (κ1) is 18.7. The van der Waals surface area contributed by atoms with Crippen molar-refractivity contribution in [2.75, 3.05) is 11.9 Å². The summed E-state index contributed by atoms with van der Waals surface area (Å²) in [6.07, 6.45) is 5.37. The minimum Gasteiger partial charge on any atom is -0.347 e. The largest absolute Gasteiger partial charge is 0.347 e. The highest BCUT2D eigenvalue weighted by Gasteiger charge is 2.12. The van der Waals surface area contributed by atoms with Gasteiger partial charge in [0, 0.05) is 24.1 Å². The van der Waals surface area contributed by atoms with Gasteiger partial charge in [0.1, 0.15) is 0 Å². The maximum Gasteiger partial charge on any atom is 0.243 e. The molecule has 25 heavy (non-hydrogen) atoms. The summed E-state index contributed by atoms with van der Waals surface area (Å²) < 4.78 is 0.526. The van der Waals surface area contributed by atoms with Crippen molar-refractivity contribution in [2.24, 2.45) is 0 Å². The Morgan fingerprint density at radius 3 is 2.60 bits per heavy atom. The molecule has 7 heteroatoms. The molecule has 2 amide bonds. The van der Waals surface area contributed by atoms with E-state index in [4.69, 9.17) is 18.0 Å². The van der Waals surface area contributed by atoms with Gasteiger partial charge in [-0.15, -0.1) is 17.8 Å². The van der Waals surface area contributed by atoms with Crippen molar-refractivity contribution in [3.63, 3.8) is 0 Å². The quantitative estimate of drug-likeness (QED) is 0.577. The van der Waals surface area contributed by atoms with Crippen LogP contribution in [0.1, 0.15) is 28.1 Å². The van der Waals surface area contributed by atoms with Crippen LogP contribution in [0.25, 0.3) is 0 Å². The highest BCUT2D eigenvalue weighted by molar-refractivity contribution is 7.18. The van der Waals surface area contributed by atoms with Gasteiger partial charge in [0.25, 0.3) is 0 Å². The molecule has 0 aliphatic heterocycles. The number of nitrogens with one attached hydrogen (secondary N) is 2. The van der Waals surface area contributed by atoms with E-state index >= 15 is 0 Å². The van der Waals surface area contributed by atoms with Gasteiger partial charge in [0.05, 0.1) is 15.8 Å². The van der Waals surface area contributed by atoms with Gasteiger partial charge in [-0.2, -0.15) is 0 Å². The zero-order valence-corrected chi connectivity index (χ0v) is 14.7. The van der Waals surface area contributed by atoms with Gasteiger partial charge >= 0.3 is 0 Å². The lowest BCUT2D eigenvalue weighted by Gasteiger charge is -2.07. The number of anilines is 1. The van der Waals surface area contributed by atoms with Crippen molar-refractivity contribution >= 4 is 46.2 Å². The summed E-state index contributed by atoms with van der Waals surface area (Å²) in [5, 5.41) is 5.11. The van der Waals surface area contributed by atoms with Crippen molar-refractivity contribution in [2.45, 2.75) is 12.8 Å². The van der Waals surface area contributed by atoms with Gasteiger partial charge in [-0.05, 0) is 30.3 Å². The van der Waals surface area contributed by atoms with Crippen LogP contribution in [0.5, 0.6) is 0 Å². The number of carbonyl (C=O) groups is 3. The zero-order chi connectivity index (χ0) is 18.2. The molecule has 2 N–H and O–H groups in total. The number of hydrogen-bond acceptors (Lipinski definition) is 4. The fourth-order valence-electron chi connectivity index (χ4n) is 1.97. The molecule has 0 aliphatic carbocycles. The molecule has 2 rings (SSSR count). The molecule has 5 nitrogen and oxygen atoms in total. The summed E-state index contributed by atoms with van der Waals surface area (Å²) in [5.74, 6) is 1.57. The van der Waals surface area contributed by atoms with Crippen LogP contribution in [0.4, 0.5) is 5.69 Å². The fourth-order valence-corrected chi connectivity index (χ4v) is 2.98. The molecule has 0 unspecified atom stereocenters. The van der Waals surface area contributed by atoms with Crippen LogP contribution in [0.15, 0.2) is 36.4 Å². The van der Waals surface area contributed by atoms with E-state index in [-0.39, 0.29) is 37.0 Å². The smallest absolute Gasteiger partial charge is 0.243 e. The van der Waals surface area contributed by atoms with Gasteiger partial charge < -0.3 is 10.6 Å². The molecule has 0 spiro atoms. The highest BCUT2D eigenvalue weighted by atomic mass is 35.5. The molecule has 0 aliphatic rings. The number of Topliss-reactive ketones (excluding diaryl/α,β-unsaturated/α-hetero) is 1. The second-order valence-electron chi connectivity index (χ2n) is 5.08. The molecule has 0 fully saturated rings. The van der Waals surface area contributed by atoms with Crippen LogP contribution in [-0.4, -0.2) is 24.1 Å². The van der Waals surface area contributed by atoms with E-state index in [0.717, 1.165) is 0 Å². The Morgan fingerprint density at radius 1 is 1.12 bits per heavy atom. The zero-order valence-electron chi connectivity index (χ0n) is 13.2. The molecule has 128 valence electrons. The average Bonchev–Trinajstić information content (AvgIpc) is 3.04. The molecular formula is C18H15ClN2O3S. The number of hydrogen-bond donors (Lipinski definition) is 2. The summed E-state index contributed by atoms with van der Waals surface area (Å²) >= 11 is 6.94. The Morgan fingerprint density at radius 2 is 1.92 bits per heavy atom. The summed E-state index contributed by atoms with van der Waals surface area (Å²) in [5.41, 5.74) is 1.20. The second kappa shape index (κ2) is 9.02. The number of amides is 2. The lowest BCUT2D eigenvalue weighted by molar-refractivity contribution is -0.124. The fraction of sp³-hybridized carbons (Fsp3) is 0.167. The van der Waals surface area contributed by atoms with E-state index in [0.29, 0.717) is 20.5 Å². The van der Waals surface area contributed by atoms with Crippen LogP contribution >= 0.6 is 22.9 Å². The highest BCUT2D eigenvalue weighted by Crippen LogP contribution is 2.22. The summed E-state index contributed by atoms with van der Waals surface area (Å²) in [7, 11) is 0. The second-order valence-corrected chi connectivity index (χ2v) is 6.79. The molecule has 0 radical (unpaired) electrons. The predicted molar refractivity (Wildman–Crippen MR) is 98.9 cm³/mol. The predicted octanol–water partition coefficient (Wildman–Crippen LogP) is 3.10. The molecule has 0 bridgehead atoms. The summed E-state index contributed by atoms with van der Waals surface area (Å²) in [4.78, 5) is 36.0. The van der Waals surface area contributed by atoms with Crippen LogP contribution in [0.2, 0.25) is 4.34 Å². The maximum atomic E-state index is 11.9. The lowest BCUT2D eigenvalue weighted by Crippen LogP contribution is -2.33. The van der Waals surface area contributed by atoms with E-state index in [1.54, 1.807) is 36.4 Å². The van der Waals surface area contributed by atoms with Gasteiger partial charge in [0.2, 0.25) is 11.8 Å². The summed E-state index contributed by atoms with van der Waals surface area (Å²) in [6.45, 7) is -0.182. The Bertz CT molecular complexity index is 839. The Kier molecular flexibility index (Phi) is 6.75. The van der Waals surface area contributed by atoms with Gasteiger partial charge in [-0.1, -0.05) is 23.6 Å². The third kappa shape index (κ3) is 6.07. The first-order chi connectivity index (χ1) is 12.0. The van der Waals surface area contributed by atoms with Crippen LogP contribution in [0, 0.1) is 12.3 Å². The number of carbonyl (C=O) groups excluding carboxylic acids is 3. The maximum absolute atomic E-state index is 11.9. The Balaban J connectivity index is 1.73. The lowest BCUT2D eigenvalue weighted by atomic mass is 10.2. The average molecular weight is 375 g/mol. The molecular weight excluding hydrogens is 360 g/mol. The van der Waals surface area contributed by atoms with E-state index in [9.17, 15) is 14.4 Å². The molecule has 2 aromatic rings. The van der Waals surface area contributed by atoms with Crippen LogP contribution in [0.3, 0.4) is 0 Å². The minimum absolute atomic E-state index is 0.00815. The number of ketones is 1. The summed E-state index contributed by atoms with van der Waals surface area (Å²) in [6, 6.07) is 10.1.